The summed E-state index contributed by atoms with van der Waals surface area (Å²) in [5, 5.41) is 4.18. The van der Waals surface area contributed by atoms with Gasteiger partial charge < -0.3 is 10.2 Å². The molecule has 118 valence electrons. The van der Waals surface area contributed by atoms with Crippen LogP contribution < -0.4 is 10.2 Å². The number of rotatable bonds is 5. The summed E-state index contributed by atoms with van der Waals surface area (Å²) in [6.07, 6.45) is 7.08. The molecule has 0 radical (unpaired) electrons. The average molecular weight is 310 g/mol. The Morgan fingerprint density at radius 3 is 2.86 bits per heavy atom. The second-order valence-electron chi connectivity index (χ2n) is 6.38. The molecule has 1 aromatic rings. The van der Waals surface area contributed by atoms with Gasteiger partial charge >= 0.3 is 0 Å². The van der Waals surface area contributed by atoms with Crippen LogP contribution in [0.15, 0.2) is 12.3 Å². The van der Waals surface area contributed by atoms with Crippen LogP contribution in [-0.2, 0) is 6.54 Å². The highest BCUT2D eigenvalue weighted by molar-refractivity contribution is 6.33. The minimum atomic E-state index is 0.472. The normalized spacial score (nSPS) is 19.9. The third kappa shape index (κ3) is 4.86. The van der Waals surface area contributed by atoms with E-state index in [1.807, 2.05) is 6.20 Å². The largest absolute Gasteiger partial charge is 0.355 e. The van der Waals surface area contributed by atoms with Gasteiger partial charge in [-0.3, -0.25) is 0 Å². The van der Waals surface area contributed by atoms with Crippen LogP contribution in [0.1, 0.15) is 52.0 Å². The first-order chi connectivity index (χ1) is 10.1. The van der Waals surface area contributed by atoms with E-state index in [0.717, 1.165) is 42.0 Å². The van der Waals surface area contributed by atoms with Crippen LogP contribution in [0.25, 0.3) is 0 Å². The number of nitrogens with zero attached hydrogens (tertiary/aromatic N) is 2. The van der Waals surface area contributed by atoms with E-state index < -0.39 is 0 Å². The Labute approximate surface area is 134 Å². The summed E-state index contributed by atoms with van der Waals surface area (Å²) in [6.45, 7) is 9.56. The Balaban J connectivity index is 2.02. The van der Waals surface area contributed by atoms with Crippen LogP contribution in [0.4, 0.5) is 5.82 Å². The summed E-state index contributed by atoms with van der Waals surface area (Å²) < 4.78 is 0. The number of pyridine rings is 1. The summed E-state index contributed by atoms with van der Waals surface area (Å²) in [5.74, 6) is 1.82. The third-order valence-electron chi connectivity index (χ3n) is 4.32. The fourth-order valence-corrected chi connectivity index (χ4v) is 3.22. The molecule has 3 nitrogen and oxygen atoms in total. The van der Waals surface area contributed by atoms with Gasteiger partial charge in [-0.15, -0.1) is 0 Å². The highest BCUT2D eigenvalue weighted by Crippen LogP contribution is 2.28. The predicted molar refractivity (Wildman–Crippen MR) is 91.1 cm³/mol. The Morgan fingerprint density at radius 1 is 1.38 bits per heavy atom. The van der Waals surface area contributed by atoms with Crippen LogP contribution in [0.3, 0.4) is 0 Å². The monoisotopic (exact) mass is 309 g/mol. The number of anilines is 1. The zero-order valence-electron chi connectivity index (χ0n) is 13.5. The minimum Gasteiger partial charge on any atom is -0.355 e. The number of hydrogen-bond acceptors (Lipinski definition) is 3. The summed E-state index contributed by atoms with van der Waals surface area (Å²) in [5.41, 5.74) is 1.15. The van der Waals surface area contributed by atoms with Gasteiger partial charge in [0.15, 0.2) is 0 Å². The summed E-state index contributed by atoms with van der Waals surface area (Å²) >= 11 is 6.47. The Morgan fingerprint density at radius 2 is 2.19 bits per heavy atom. The SMILES string of the molecule is CCC1CCCN(c2ncc(CNC(C)C)cc2Cl)CC1. The smallest absolute Gasteiger partial charge is 0.147 e. The molecule has 0 spiro atoms. The molecule has 1 aliphatic rings. The topological polar surface area (TPSA) is 28.2 Å². The second-order valence-corrected chi connectivity index (χ2v) is 6.78. The molecule has 0 saturated carbocycles. The van der Waals surface area contributed by atoms with Crippen LogP contribution >= 0.6 is 11.6 Å². The van der Waals surface area contributed by atoms with Crippen LogP contribution in [0, 0.1) is 5.92 Å². The lowest BCUT2D eigenvalue weighted by Crippen LogP contribution is -2.26. The number of halogens is 1. The van der Waals surface area contributed by atoms with Crippen molar-refractivity contribution in [3.8, 4) is 0 Å². The minimum absolute atomic E-state index is 0.472. The van der Waals surface area contributed by atoms with Crippen LogP contribution in [0.2, 0.25) is 5.02 Å². The van der Waals surface area contributed by atoms with E-state index in [2.05, 4.69) is 42.0 Å². The first kappa shape index (κ1) is 16.6. The standard InChI is InChI=1S/C17H28ClN3/c1-4-14-6-5-8-21(9-7-14)17-16(18)10-15(12-20-17)11-19-13(2)3/h10,12-14,19H,4-9,11H2,1-3H3. The van der Waals surface area contributed by atoms with Gasteiger partial charge in [-0.05, 0) is 36.8 Å². The fraction of sp³-hybridized carbons (Fsp3) is 0.706. The van der Waals surface area contributed by atoms with E-state index >= 15 is 0 Å². The van der Waals surface area contributed by atoms with Crippen molar-refractivity contribution >= 4 is 17.4 Å². The van der Waals surface area contributed by atoms with Crippen molar-refractivity contribution in [2.24, 2.45) is 5.92 Å². The molecule has 2 rings (SSSR count). The van der Waals surface area contributed by atoms with Crippen molar-refractivity contribution in [2.45, 2.75) is 59.0 Å². The molecule has 0 bridgehead atoms. The lowest BCUT2D eigenvalue weighted by atomic mass is 9.98. The first-order valence-electron chi connectivity index (χ1n) is 8.23. The second kappa shape index (κ2) is 8.00. The molecule has 1 atom stereocenters. The third-order valence-corrected chi connectivity index (χ3v) is 4.60. The van der Waals surface area contributed by atoms with Crippen molar-refractivity contribution in [1.82, 2.24) is 10.3 Å². The Kier molecular flexibility index (Phi) is 6.31. The van der Waals surface area contributed by atoms with E-state index in [1.54, 1.807) is 0 Å². The van der Waals surface area contributed by atoms with Gasteiger partial charge in [-0.1, -0.05) is 38.8 Å². The van der Waals surface area contributed by atoms with E-state index in [1.165, 1.54) is 25.7 Å². The number of hydrogen-bond donors (Lipinski definition) is 1. The molecule has 1 unspecified atom stereocenters. The van der Waals surface area contributed by atoms with Gasteiger partial charge in [-0.2, -0.15) is 0 Å². The van der Waals surface area contributed by atoms with Crippen LogP contribution in [0.5, 0.6) is 0 Å². The molecule has 0 amide bonds. The fourth-order valence-electron chi connectivity index (χ4n) is 2.91. The van der Waals surface area contributed by atoms with Crippen LogP contribution in [-0.4, -0.2) is 24.1 Å². The van der Waals surface area contributed by atoms with Gasteiger partial charge in [0.2, 0.25) is 0 Å². The number of nitrogens with one attached hydrogen (secondary N) is 1. The molecule has 0 aliphatic carbocycles. The number of aromatic nitrogens is 1. The molecule has 1 saturated heterocycles. The molecule has 1 N–H and O–H groups in total. The summed E-state index contributed by atoms with van der Waals surface area (Å²) in [7, 11) is 0. The van der Waals surface area contributed by atoms with Crippen molar-refractivity contribution in [2.75, 3.05) is 18.0 Å². The van der Waals surface area contributed by atoms with Crippen molar-refractivity contribution in [1.29, 1.82) is 0 Å². The summed E-state index contributed by atoms with van der Waals surface area (Å²) in [6, 6.07) is 2.53. The zero-order valence-corrected chi connectivity index (χ0v) is 14.3. The highest BCUT2D eigenvalue weighted by atomic mass is 35.5. The maximum atomic E-state index is 6.47. The predicted octanol–water partition coefficient (Wildman–Crippen LogP) is 4.25. The lowest BCUT2D eigenvalue weighted by molar-refractivity contribution is 0.459. The highest BCUT2D eigenvalue weighted by Gasteiger charge is 2.18. The first-order valence-corrected chi connectivity index (χ1v) is 8.60. The van der Waals surface area contributed by atoms with Gasteiger partial charge in [-0.25, -0.2) is 4.98 Å². The lowest BCUT2D eigenvalue weighted by Gasteiger charge is -2.23. The van der Waals surface area contributed by atoms with Gasteiger partial charge in [0.1, 0.15) is 5.82 Å². The van der Waals surface area contributed by atoms with Gasteiger partial charge in [0.05, 0.1) is 5.02 Å². The molecule has 21 heavy (non-hydrogen) atoms. The molecule has 0 aromatic carbocycles. The molecule has 1 aromatic heterocycles. The van der Waals surface area contributed by atoms with E-state index in [4.69, 9.17) is 11.6 Å². The Hall–Kier alpha value is -0.800. The van der Waals surface area contributed by atoms with E-state index in [9.17, 15) is 0 Å². The summed E-state index contributed by atoms with van der Waals surface area (Å²) in [4.78, 5) is 6.99. The van der Waals surface area contributed by atoms with Crippen molar-refractivity contribution in [3.05, 3.63) is 22.8 Å². The average Bonchev–Trinajstić information content (AvgIpc) is 2.70. The maximum Gasteiger partial charge on any atom is 0.147 e. The van der Waals surface area contributed by atoms with Gasteiger partial charge in [0.25, 0.3) is 0 Å². The van der Waals surface area contributed by atoms with Crippen molar-refractivity contribution in [3.63, 3.8) is 0 Å². The van der Waals surface area contributed by atoms with Crippen molar-refractivity contribution < 1.29 is 0 Å². The molecule has 1 fully saturated rings. The Bertz CT molecular complexity index is 448. The molecule has 4 heteroatoms. The zero-order chi connectivity index (χ0) is 15.2. The quantitative estimate of drug-likeness (QED) is 0.881. The molecular weight excluding hydrogens is 282 g/mol. The van der Waals surface area contributed by atoms with Gasteiger partial charge in [0, 0.05) is 31.9 Å². The maximum absolute atomic E-state index is 6.47. The molecule has 2 heterocycles. The molecular formula is C17H28ClN3. The van der Waals surface area contributed by atoms with E-state index in [-0.39, 0.29) is 0 Å². The van der Waals surface area contributed by atoms with E-state index in [0.29, 0.717) is 6.04 Å². The molecule has 1 aliphatic heterocycles.